The molecule has 0 aromatic rings. The molecule has 2 heteroatoms. The summed E-state index contributed by atoms with van der Waals surface area (Å²) < 4.78 is 5.58. The van der Waals surface area contributed by atoms with Gasteiger partial charge in [0.15, 0.2) is 5.76 Å². The van der Waals surface area contributed by atoms with Crippen LogP contribution in [0, 0.1) is 5.92 Å². The molecule has 2 nitrogen and oxygen atoms in total. The fraction of sp³-hybridized carbons (Fsp3) is 0.615. The van der Waals surface area contributed by atoms with Gasteiger partial charge in [0.05, 0.1) is 6.61 Å². The molecular formula is C13H20O2. The molecule has 1 rings (SSSR count). The standard InChI is InChI=1S/C13H20O2/c1-8(2)7-15-13-10(4)6-9(3)11(5)12(13)14/h8H,6-7H2,1-5H3. The van der Waals surface area contributed by atoms with E-state index in [-0.39, 0.29) is 5.78 Å². The molecule has 0 atom stereocenters. The number of ether oxygens (including phenoxy) is 1. The molecule has 0 amide bonds. The summed E-state index contributed by atoms with van der Waals surface area (Å²) in [5, 5.41) is 0. The second-order valence-corrected chi connectivity index (χ2v) is 4.73. The Morgan fingerprint density at radius 2 is 1.80 bits per heavy atom. The van der Waals surface area contributed by atoms with Gasteiger partial charge < -0.3 is 4.74 Å². The minimum atomic E-state index is 0.0666. The summed E-state index contributed by atoms with van der Waals surface area (Å²) in [5.74, 6) is 1.09. The van der Waals surface area contributed by atoms with E-state index >= 15 is 0 Å². The van der Waals surface area contributed by atoms with Gasteiger partial charge in [-0.1, -0.05) is 19.4 Å². The van der Waals surface area contributed by atoms with Crippen molar-refractivity contribution in [1.82, 2.24) is 0 Å². The first kappa shape index (κ1) is 12.0. The minimum Gasteiger partial charge on any atom is -0.489 e. The fourth-order valence-electron chi connectivity index (χ4n) is 1.61. The second kappa shape index (κ2) is 4.65. The topological polar surface area (TPSA) is 26.3 Å². The van der Waals surface area contributed by atoms with E-state index in [4.69, 9.17) is 4.74 Å². The van der Waals surface area contributed by atoms with Crippen molar-refractivity contribution in [3.63, 3.8) is 0 Å². The molecule has 1 aliphatic rings. The smallest absolute Gasteiger partial charge is 0.223 e. The van der Waals surface area contributed by atoms with Crippen LogP contribution in [0.25, 0.3) is 0 Å². The summed E-state index contributed by atoms with van der Waals surface area (Å²) in [7, 11) is 0. The third-order valence-electron chi connectivity index (χ3n) is 2.67. The molecule has 15 heavy (non-hydrogen) atoms. The number of carbonyl (C=O) groups is 1. The predicted molar refractivity (Wildman–Crippen MR) is 61.5 cm³/mol. The third-order valence-corrected chi connectivity index (χ3v) is 2.67. The van der Waals surface area contributed by atoms with Crippen molar-refractivity contribution in [2.75, 3.05) is 6.61 Å². The maximum Gasteiger partial charge on any atom is 0.223 e. The van der Waals surface area contributed by atoms with Crippen LogP contribution in [0.1, 0.15) is 41.0 Å². The average Bonchev–Trinajstić information content (AvgIpc) is 2.14. The Balaban J connectivity index is 2.80. The van der Waals surface area contributed by atoms with Crippen LogP contribution in [0.2, 0.25) is 0 Å². The van der Waals surface area contributed by atoms with Crippen molar-refractivity contribution in [3.05, 3.63) is 22.5 Å². The highest BCUT2D eigenvalue weighted by atomic mass is 16.5. The Morgan fingerprint density at radius 1 is 1.20 bits per heavy atom. The molecule has 0 bridgehead atoms. The van der Waals surface area contributed by atoms with E-state index in [1.165, 1.54) is 0 Å². The summed E-state index contributed by atoms with van der Waals surface area (Å²) in [6.45, 7) is 10.6. The van der Waals surface area contributed by atoms with E-state index in [9.17, 15) is 4.79 Å². The maximum absolute atomic E-state index is 11.9. The van der Waals surface area contributed by atoms with E-state index in [1.54, 1.807) is 0 Å². The summed E-state index contributed by atoms with van der Waals surface area (Å²) in [6.07, 6.45) is 0.866. The van der Waals surface area contributed by atoms with Crippen molar-refractivity contribution in [2.45, 2.75) is 41.0 Å². The third kappa shape index (κ3) is 2.71. The van der Waals surface area contributed by atoms with Gasteiger partial charge in [0.2, 0.25) is 5.78 Å². The van der Waals surface area contributed by atoms with Gasteiger partial charge >= 0.3 is 0 Å². The summed E-state index contributed by atoms with van der Waals surface area (Å²) in [6, 6.07) is 0. The molecule has 0 radical (unpaired) electrons. The predicted octanol–water partition coefficient (Wildman–Crippen LogP) is 3.24. The lowest BCUT2D eigenvalue weighted by molar-refractivity contribution is -0.116. The average molecular weight is 208 g/mol. The molecule has 0 aromatic heterocycles. The normalized spacial score (nSPS) is 17.9. The number of hydrogen-bond donors (Lipinski definition) is 0. The van der Waals surface area contributed by atoms with Gasteiger partial charge in [-0.15, -0.1) is 0 Å². The Morgan fingerprint density at radius 3 is 2.33 bits per heavy atom. The van der Waals surface area contributed by atoms with E-state index in [0.29, 0.717) is 18.3 Å². The van der Waals surface area contributed by atoms with Crippen LogP contribution in [0.5, 0.6) is 0 Å². The SMILES string of the molecule is CC1=C(C)C(=O)C(OCC(C)C)=C(C)C1. The van der Waals surface area contributed by atoms with E-state index in [0.717, 1.165) is 23.1 Å². The van der Waals surface area contributed by atoms with Crippen molar-refractivity contribution in [2.24, 2.45) is 5.92 Å². The number of ketones is 1. The molecule has 0 heterocycles. The highest BCUT2D eigenvalue weighted by molar-refractivity contribution is 6.08. The van der Waals surface area contributed by atoms with Gasteiger partial charge in [0.1, 0.15) is 0 Å². The lowest BCUT2D eigenvalue weighted by Crippen LogP contribution is -2.17. The first-order valence-electron chi connectivity index (χ1n) is 5.47. The van der Waals surface area contributed by atoms with Crippen LogP contribution in [-0.4, -0.2) is 12.4 Å². The molecule has 1 aliphatic carbocycles. The Labute approximate surface area is 92.0 Å². The quantitative estimate of drug-likeness (QED) is 0.711. The van der Waals surface area contributed by atoms with Crippen molar-refractivity contribution in [3.8, 4) is 0 Å². The lowest BCUT2D eigenvalue weighted by Gasteiger charge is -2.20. The Kier molecular flexibility index (Phi) is 3.72. The van der Waals surface area contributed by atoms with E-state index in [1.807, 2.05) is 20.8 Å². The minimum absolute atomic E-state index is 0.0666. The van der Waals surface area contributed by atoms with Gasteiger partial charge in [-0.25, -0.2) is 0 Å². The summed E-state index contributed by atoms with van der Waals surface area (Å²) >= 11 is 0. The second-order valence-electron chi connectivity index (χ2n) is 4.73. The Bertz CT molecular complexity index is 332. The van der Waals surface area contributed by atoms with Crippen LogP contribution in [0.15, 0.2) is 22.5 Å². The molecule has 0 saturated heterocycles. The van der Waals surface area contributed by atoms with Crippen LogP contribution < -0.4 is 0 Å². The summed E-state index contributed by atoms with van der Waals surface area (Å²) in [4.78, 5) is 11.9. The first-order valence-corrected chi connectivity index (χ1v) is 5.47. The highest BCUT2D eigenvalue weighted by Gasteiger charge is 2.23. The number of allylic oxidation sites excluding steroid dienone is 3. The van der Waals surface area contributed by atoms with Crippen LogP contribution >= 0.6 is 0 Å². The lowest BCUT2D eigenvalue weighted by atomic mass is 9.92. The zero-order chi connectivity index (χ0) is 11.6. The van der Waals surface area contributed by atoms with Gasteiger partial charge in [0, 0.05) is 0 Å². The maximum atomic E-state index is 11.9. The number of carbonyl (C=O) groups excluding carboxylic acids is 1. The summed E-state index contributed by atoms with van der Waals surface area (Å²) in [5.41, 5.74) is 3.07. The van der Waals surface area contributed by atoms with Crippen LogP contribution in [0.3, 0.4) is 0 Å². The Hall–Kier alpha value is -1.05. The first-order chi connectivity index (χ1) is 6.93. The number of Topliss-reactive ketones (excluding diaryl/α,β-unsaturated/α-hetero) is 1. The zero-order valence-corrected chi connectivity index (χ0v) is 10.3. The molecule has 0 fully saturated rings. The molecule has 0 spiro atoms. The molecule has 0 aliphatic heterocycles. The monoisotopic (exact) mass is 208 g/mol. The van der Waals surface area contributed by atoms with Gasteiger partial charge in [-0.3, -0.25) is 4.79 Å². The van der Waals surface area contributed by atoms with Crippen LogP contribution in [-0.2, 0) is 9.53 Å². The van der Waals surface area contributed by atoms with Gasteiger partial charge in [-0.2, -0.15) is 0 Å². The molecule has 0 unspecified atom stereocenters. The number of hydrogen-bond acceptors (Lipinski definition) is 2. The van der Waals surface area contributed by atoms with Crippen molar-refractivity contribution in [1.29, 1.82) is 0 Å². The zero-order valence-electron chi connectivity index (χ0n) is 10.3. The molecule has 84 valence electrons. The van der Waals surface area contributed by atoms with Crippen molar-refractivity contribution < 1.29 is 9.53 Å². The largest absolute Gasteiger partial charge is 0.489 e. The van der Waals surface area contributed by atoms with E-state index in [2.05, 4.69) is 13.8 Å². The molecular weight excluding hydrogens is 188 g/mol. The van der Waals surface area contributed by atoms with Gasteiger partial charge in [0.25, 0.3) is 0 Å². The number of rotatable bonds is 3. The van der Waals surface area contributed by atoms with Crippen LogP contribution in [0.4, 0.5) is 0 Å². The van der Waals surface area contributed by atoms with Crippen molar-refractivity contribution >= 4 is 5.78 Å². The van der Waals surface area contributed by atoms with Gasteiger partial charge in [-0.05, 0) is 44.3 Å². The fourth-order valence-corrected chi connectivity index (χ4v) is 1.61. The highest BCUT2D eigenvalue weighted by Crippen LogP contribution is 2.27. The molecule has 0 N–H and O–H groups in total. The molecule has 0 aromatic carbocycles. The molecule has 0 saturated carbocycles. The van der Waals surface area contributed by atoms with E-state index < -0.39 is 0 Å².